The normalized spacial score (nSPS) is 20.7. The van der Waals surface area contributed by atoms with Crippen LogP contribution < -0.4 is 10.2 Å². The van der Waals surface area contributed by atoms with Gasteiger partial charge in [0.25, 0.3) is 0 Å². The van der Waals surface area contributed by atoms with E-state index in [1.807, 2.05) is 0 Å². The first-order valence-corrected chi connectivity index (χ1v) is 8.64. The van der Waals surface area contributed by atoms with Gasteiger partial charge in [0.1, 0.15) is 6.33 Å². The molecule has 1 saturated carbocycles. The van der Waals surface area contributed by atoms with Crippen LogP contribution in [0.25, 0.3) is 5.65 Å². The maximum Gasteiger partial charge on any atom is 0.200 e. The third-order valence-electron chi connectivity index (χ3n) is 4.95. The van der Waals surface area contributed by atoms with Crippen molar-refractivity contribution in [3.63, 3.8) is 0 Å². The summed E-state index contributed by atoms with van der Waals surface area (Å²) in [5.41, 5.74) is 4.33. The first-order chi connectivity index (χ1) is 11.9. The minimum atomic E-state index is 0.417. The lowest BCUT2D eigenvalue weighted by Crippen LogP contribution is -2.26. The molecule has 0 spiro atoms. The van der Waals surface area contributed by atoms with Crippen molar-refractivity contribution in [3.05, 3.63) is 48.4 Å². The van der Waals surface area contributed by atoms with Crippen LogP contribution in [0.2, 0.25) is 0 Å². The third kappa shape index (κ3) is 2.48. The number of hydrogen-bond donors (Lipinski definition) is 1. The van der Waals surface area contributed by atoms with Crippen molar-refractivity contribution in [1.29, 1.82) is 0 Å². The van der Waals surface area contributed by atoms with E-state index >= 15 is 0 Å². The Morgan fingerprint density at radius 1 is 1.08 bits per heavy atom. The average Bonchev–Trinajstić information content (AvgIpc) is 3.17. The summed E-state index contributed by atoms with van der Waals surface area (Å²) in [7, 11) is 0. The molecule has 0 bridgehead atoms. The van der Waals surface area contributed by atoms with Crippen LogP contribution in [-0.2, 0) is 0 Å². The smallest absolute Gasteiger partial charge is 0.200 e. The molecule has 6 nitrogen and oxygen atoms in total. The number of nitrogens with one attached hydrogen (secondary N) is 1. The molecule has 3 heterocycles. The zero-order valence-corrected chi connectivity index (χ0v) is 13.5. The molecule has 6 heteroatoms. The molecule has 2 fully saturated rings. The van der Waals surface area contributed by atoms with Gasteiger partial charge in [0.2, 0.25) is 5.65 Å². The molecule has 1 saturated heterocycles. The lowest BCUT2D eigenvalue weighted by atomic mass is 10.2. The fourth-order valence-electron chi connectivity index (χ4n) is 3.50. The largest absolute Gasteiger partial charge is 0.377 e. The first kappa shape index (κ1) is 13.8. The van der Waals surface area contributed by atoms with E-state index in [9.17, 15) is 0 Å². The van der Waals surface area contributed by atoms with Gasteiger partial charge in [-0.1, -0.05) is 18.2 Å². The molecule has 1 N–H and O–H groups in total. The van der Waals surface area contributed by atoms with Crippen LogP contribution in [0.1, 0.15) is 30.9 Å². The Bertz CT molecular complexity index is 854. The van der Waals surface area contributed by atoms with Gasteiger partial charge < -0.3 is 10.2 Å². The molecule has 0 radical (unpaired) electrons. The minimum absolute atomic E-state index is 0.417. The van der Waals surface area contributed by atoms with Gasteiger partial charge in [-0.05, 0) is 37.5 Å². The maximum atomic E-state index is 4.64. The summed E-state index contributed by atoms with van der Waals surface area (Å²) in [5.74, 6) is 0.613. The van der Waals surface area contributed by atoms with Crippen molar-refractivity contribution in [2.24, 2.45) is 0 Å². The number of fused-ring (bicyclic) bond motifs is 1. The van der Waals surface area contributed by atoms with Crippen LogP contribution in [0.5, 0.6) is 0 Å². The molecule has 0 amide bonds. The maximum absolute atomic E-state index is 4.64. The quantitative estimate of drug-likeness (QED) is 0.801. The fourth-order valence-corrected chi connectivity index (χ4v) is 3.50. The van der Waals surface area contributed by atoms with Gasteiger partial charge in [0.15, 0.2) is 0 Å². The molecule has 24 heavy (non-hydrogen) atoms. The van der Waals surface area contributed by atoms with Gasteiger partial charge in [-0.3, -0.25) is 0 Å². The van der Waals surface area contributed by atoms with Crippen molar-refractivity contribution in [3.8, 4) is 0 Å². The zero-order valence-electron chi connectivity index (χ0n) is 13.5. The molecular formula is C18H20N6. The summed E-state index contributed by atoms with van der Waals surface area (Å²) < 4.78 is 1.81. The van der Waals surface area contributed by atoms with Gasteiger partial charge in [0.05, 0.1) is 11.4 Å². The Kier molecular flexibility index (Phi) is 3.14. The highest BCUT2D eigenvalue weighted by Crippen LogP contribution is 2.40. The van der Waals surface area contributed by atoms with Gasteiger partial charge >= 0.3 is 0 Å². The fraction of sp³-hybridized carbons (Fsp3) is 0.389. The number of anilines is 2. The van der Waals surface area contributed by atoms with Crippen molar-refractivity contribution in [2.45, 2.75) is 31.2 Å². The molecule has 1 aliphatic heterocycles. The molecular weight excluding hydrogens is 300 g/mol. The van der Waals surface area contributed by atoms with E-state index in [-0.39, 0.29) is 0 Å². The number of para-hydroxylation sites is 1. The molecule has 5 rings (SSSR count). The van der Waals surface area contributed by atoms with Gasteiger partial charge in [0, 0.05) is 30.7 Å². The molecule has 2 aromatic heterocycles. The van der Waals surface area contributed by atoms with Crippen molar-refractivity contribution in [2.75, 3.05) is 23.3 Å². The molecule has 122 valence electrons. The van der Waals surface area contributed by atoms with Crippen molar-refractivity contribution < 1.29 is 0 Å². The lowest BCUT2D eigenvalue weighted by molar-refractivity contribution is 0.797. The second-order valence-electron chi connectivity index (χ2n) is 6.77. The van der Waals surface area contributed by atoms with Gasteiger partial charge in [-0.2, -0.15) is 9.61 Å². The Hall–Kier alpha value is -2.63. The van der Waals surface area contributed by atoms with Crippen LogP contribution in [0.15, 0.2) is 42.7 Å². The first-order valence-electron chi connectivity index (χ1n) is 8.64. The third-order valence-corrected chi connectivity index (χ3v) is 4.95. The Labute approximate surface area is 140 Å². The van der Waals surface area contributed by atoms with Crippen molar-refractivity contribution in [1.82, 2.24) is 19.8 Å². The van der Waals surface area contributed by atoms with Crippen molar-refractivity contribution >= 4 is 17.0 Å². The monoisotopic (exact) mass is 320 g/mol. The molecule has 1 aliphatic carbocycles. The topological polar surface area (TPSA) is 58.4 Å². The number of aromatic nitrogens is 4. The molecule has 2 aliphatic rings. The second-order valence-corrected chi connectivity index (χ2v) is 6.77. The number of hydrogen-bond acceptors (Lipinski definition) is 5. The summed E-state index contributed by atoms with van der Waals surface area (Å²) in [4.78, 5) is 2.43. The molecule has 3 aromatic rings. The van der Waals surface area contributed by atoms with Gasteiger partial charge in [-0.15, -0.1) is 10.2 Å². The Morgan fingerprint density at radius 3 is 2.79 bits per heavy atom. The van der Waals surface area contributed by atoms with E-state index in [2.05, 4.69) is 61.9 Å². The molecule has 1 unspecified atom stereocenters. The highest BCUT2D eigenvalue weighted by atomic mass is 15.4. The van der Waals surface area contributed by atoms with Crippen LogP contribution in [0, 0.1) is 0 Å². The highest BCUT2D eigenvalue weighted by molar-refractivity contribution is 5.67. The number of rotatable bonds is 4. The predicted molar refractivity (Wildman–Crippen MR) is 93.4 cm³/mol. The average molecular weight is 320 g/mol. The van der Waals surface area contributed by atoms with Crippen LogP contribution >= 0.6 is 0 Å². The molecule has 1 atom stereocenters. The number of nitrogens with zero attached hydrogens (tertiary/aromatic N) is 5. The van der Waals surface area contributed by atoms with Crippen LogP contribution in [0.4, 0.5) is 11.4 Å². The van der Waals surface area contributed by atoms with E-state index < -0.39 is 0 Å². The van der Waals surface area contributed by atoms with E-state index in [4.69, 9.17) is 0 Å². The Morgan fingerprint density at radius 2 is 1.96 bits per heavy atom. The SMILES string of the molecule is c1ccc(N2CCC(Nc3cc(C4CC4)nn4cnnc34)C2)cc1. The summed E-state index contributed by atoms with van der Waals surface area (Å²) in [5, 5.41) is 16.6. The standard InChI is InChI=1S/C18H20N6/c1-2-4-15(5-3-1)23-9-8-14(11-23)20-17-10-16(13-6-7-13)22-24-12-19-21-18(17)24/h1-5,10,12-14,20H,6-9,11H2. The summed E-state index contributed by atoms with van der Waals surface area (Å²) in [6, 6.07) is 13.2. The second kappa shape index (κ2) is 5.47. The molecule has 1 aromatic carbocycles. The predicted octanol–water partition coefficient (Wildman–Crippen LogP) is 2.69. The summed E-state index contributed by atoms with van der Waals surface area (Å²) in [6.07, 6.45) is 5.30. The number of benzene rings is 1. The highest BCUT2D eigenvalue weighted by Gasteiger charge is 2.28. The van der Waals surface area contributed by atoms with E-state index in [1.54, 1.807) is 10.8 Å². The van der Waals surface area contributed by atoms with E-state index in [0.29, 0.717) is 12.0 Å². The zero-order chi connectivity index (χ0) is 15.9. The van der Waals surface area contributed by atoms with E-state index in [0.717, 1.165) is 36.5 Å². The Balaban J connectivity index is 1.38. The van der Waals surface area contributed by atoms with Gasteiger partial charge in [-0.25, -0.2) is 0 Å². The lowest BCUT2D eigenvalue weighted by Gasteiger charge is -2.19. The van der Waals surface area contributed by atoms with E-state index in [1.165, 1.54) is 18.5 Å². The minimum Gasteiger partial charge on any atom is -0.377 e. The van der Waals surface area contributed by atoms with Crippen LogP contribution in [-0.4, -0.2) is 38.9 Å². The van der Waals surface area contributed by atoms with Crippen LogP contribution in [0.3, 0.4) is 0 Å². The summed E-state index contributed by atoms with van der Waals surface area (Å²) in [6.45, 7) is 2.08. The summed E-state index contributed by atoms with van der Waals surface area (Å²) >= 11 is 0.